The van der Waals surface area contributed by atoms with Gasteiger partial charge in [-0.25, -0.2) is 0 Å². The van der Waals surface area contributed by atoms with E-state index in [4.69, 9.17) is 5.73 Å². The standard InChI is InChI=1S/C15H15BrN2O/c16-13-7-3-1-6-12(13)10-18-14-8-4-2-5-11(14)9-15(17)19/h1-8,18H,9-10H2,(H2,17,19). The number of hydrogen-bond donors (Lipinski definition) is 2. The van der Waals surface area contributed by atoms with Crippen molar-refractivity contribution in [3.8, 4) is 0 Å². The van der Waals surface area contributed by atoms with Gasteiger partial charge in [0.25, 0.3) is 0 Å². The number of carbonyl (C=O) groups excluding carboxylic acids is 1. The lowest BCUT2D eigenvalue weighted by molar-refractivity contribution is -0.117. The Morgan fingerprint density at radius 1 is 1.05 bits per heavy atom. The minimum atomic E-state index is -0.324. The van der Waals surface area contributed by atoms with E-state index in [1.54, 1.807) is 0 Å². The van der Waals surface area contributed by atoms with Crippen LogP contribution in [0.3, 0.4) is 0 Å². The Hall–Kier alpha value is -1.81. The third-order valence-corrected chi connectivity index (χ3v) is 3.58. The second-order valence-corrected chi connectivity index (χ2v) is 5.10. The molecule has 0 bridgehead atoms. The number of hydrogen-bond acceptors (Lipinski definition) is 2. The van der Waals surface area contributed by atoms with Crippen molar-refractivity contribution in [1.29, 1.82) is 0 Å². The van der Waals surface area contributed by atoms with Crippen LogP contribution in [-0.2, 0) is 17.8 Å². The summed E-state index contributed by atoms with van der Waals surface area (Å²) in [6.45, 7) is 0.692. The number of amides is 1. The van der Waals surface area contributed by atoms with Crippen molar-refractivity contribution >= 4 is 27.5 Å². The maximum Gasteiger partial charge on any atom is 0.221 e. The van der Waals surface area contributed by atoms with E-state index in [0.717, 1.165) is 21.3 Å². The monoisotopic (exact) mass is 318 g/mol. The zero-order chi connectivity index (χ0) is 13.7. The number of benzene rings is 2. The molecule has 3 nitrogen and oxygen atoms in total. The van der Waals surface area contributed by atoms with Crippen molar-refractivity contribution in [3.05, 3.63) is 64.1 Å². The van der Waals surface area contributed by atoms with Gasteiger partial charge in [-0.2, -0.15) is 0 Å². The highest BCUT2D eigenvalue weighted by Crippen LogP contribution is 2.20. The fraction of sp³-hybridized carbons (Fsp3) is 0.133. The van der Waals surface area contributed by atoms with Crippen LogP contribution in [0.4, 0.5) is 5.69 Å². The summed E-state index contributed by atoms with van der Waals surface area (Å²) >= 11 is 3.51. The first-order chi connectivity index (χ1) is 9.16. The summed E-state index contributed by atoms with van der Waals surface area (Å²) < 4.78 is 1.06. The second kappa shape index (κ2) is 6.38. The number of rotatable bonds is 5. The maximum absolute atomic E-state index is 11.0. The van der Waals surface area contributed by atoms with Gasteiger partial charge in [0.05, 0.1) is 6.42 Å². The van der Waals surface area contributed by atoms with Crippen molar-refractivity contribution in [1.82, 2.24) is 0 Å². The van der Waals surface area contributed by atoms with Gasteiger partial charge in [-0.05, 0) is 23.3 Å². The molecule has 0 aromatic heterocycles. The summed E-state index contributed by atoms with van der Waals surface area (Å²) in [5.74, 6) is -0.324. The number of carbonyl (C=O) groups is 1. The zero-order valence-corrected chi connectivity index (χ0v) is 12.0. The molecular weight excluding hydrogens is 304 g/mol. The van der Waals surface area contributed by atoms with Crippen molar-refractivity contribution in [3.63, 3.8) is 0 Å². The predicted molar refractivity (Wildman–Crippen MR) is 80.8 cm³/mol. The molecule has 4 heteroatoms. The summed E-state index contributed by atoms with van der Waals surface area (Å²) in [6.07, 6.45) is 0.249. The normalized spacial score (nSPS) is 10.2. The van der Waals surface area contributed by atoms with Crippen molar-refractivity contribution < 1.29 is 4.79 Å². The lowest BCUT2D eigenvalue weighted by Crippen LogP contribution is -2.15. The van der Waals surface area contributed by atoms with Gasteiger partial charge in [0.1, 0.15) is 0 Å². The fourth-order valence-electron chi connectivity index (χ4n) is 1.87. The van der Waals surface area contributed by atoms with Crippen LogP contribution in [0.25, 0.3) is 0 Å². The highest BCUT2D eigenvalue weighted by molar-refractivity contribution is 9.10. The molecule has 0 aliphatic rings. The molecule has 2 aromatic carbocycles. The third kappa shape index (κ3) is 3.83. The predicted octanol–water partition coefficient (Wildman–Crippen LogP) is 3.09. The first-order valence-electron chi connectivity index (χ1n) is 6.00. The minimum absolute atomic E-state index is 0.249. The largest absolute Gasteiger partial charge is 0.381 e. The Kier molecular flexibility index (Phi) is 4.58. The number of nitrogens with one attached hydrogen (secondary N) is 1. The van der Waals surface area contributed by atoms with Crippen LogP contribution in [0.2, 0.25) is 0 Å². The van der Waals surface area contributed by atoms with Crippen LogP contribution in [-0.4, -0.2) is 5.91 Å². The lowest BCUT2D eigenvalue weighted by Gasteiger charge is -2.12. The highest BCUT2D eigenvalue weighted by Gasteiger charge is 2.05. The molecule has 0 fully saturated rings. The molecule has 0 radical (unpaired) electrons. The fourth-order valence-corrected chi connectivity index (χ4v) is 2.29. The van der Waals surface area contributed by atoms with E-state index in [0.29, 0.717) is 6.54 Å². The highest BCUT2D eigenvalue weighted by atomic mass is 79.9. The van der Waals surface area contributed by atoms with E-state index in [1.165, 1.54) is 0 Å². The summed E-state index contributed by atoms with van der Waals surface area (Å²) in [6, 6.07) is 15.7. The first-order valence-corrected chi connectivity index (χ1v) is 6.79. The molecule has 0 heterocycles. The number of nitrogens with two attached hydrogens (primary N) is 1. The lowest BCUT2D eigenvalue weighted by atomic mass is 10.1. The van der Waals surface area contributed by atoms with Crippen molar-refractivity contribution in [2.24, 2.45) is 5.73 Å². The van der Waals surface area contributed by atoms with E-state index in [2.05, 4.69) is 21.2 Å². The van der Waals surface area contributed by atoms with Gasteiger partial charge in [-0.3, -0.25) is 4.79 Å². The molecule has 0 saturated carbocycles. The van der Waals surface area contributed by atoms with E-state index in [1.807, 2.05) is 48.5 Å². The summed E-state index contributed by atoms with van der Waals surface area (Å²) in [5, 5.41) is 3.34. The Morgan fingerprint density at radius 3 is 2.37 bits per heavy atom. The summed E-state index contributed by atoms with van der Waals surface area (Å²) in [4.78, 5) is 11.0. The molecule has 98 valence electrons. The quantitative estimate of drug-likeness (QED) is 0.890. The van der Waals surface area contributed by atoms with Crippen LogP contribution in [0.15, 0.2) is 53.0 Å². The minimum Gasteiger partial charge on any atom is -0.381 e. The number of halogens is 1. The molecule has 3 N–H and O–H groups in total. The topological polar surface area (TPSA) is 55.1 Å². The Bertz CT molecular complexity index is 584. The molecule has 0 unspecified atom stereocenters. The van der Waals surface area contributed by atoms with Crippen LogP contribution in [0.5, 0.6) is 0 Å². The Morgan fingerprint density at radius 2 is 1.68 bits per heavy atom. The van der Waals surface area contributed by atoms with Gasteiger partial charge in [-0.1, -0.05) is 52.3 Å². The molecule has 0 aliphatic carbocycles. The van der Waals surface area contributed by atoms with Crippen LogP contribution in [0, 0.1) is 0 Å². The second-order valence-electron chi connectivity index (χ2n) is 4.25. The van der Waals surface area contributed by atoms with Crippen LogP contribution in [0.1, 0.15) is 11.1 Å². The van der Waals surface area contributed by atoms with Gasteiger partial charge >= 0.3 is 0 Å². The maximum atomic E-state index is 11.0. The zero-order valence-electron chi connectivity index (χ0n) is 10.4. The average molecular weight is 319 g/mol. The molecule has 0 atom stereocenters. The number of primary amides is 1. The van der Waals surface area contributed by atoms with Crippen LogP contribution < -0.4 is 11.1 Å². The first kappa shape index (κ1) is 13.6. The molecule has 19 heavy (non-hydrogen) atoms. The number of anilines is 1. The third-order valence-electron chi connectivity index (χ3n) is 2.81. The Balaban J connectivity index is 2.11. The molecule has 1 amide bonds. The molecule has 0 saturated heterocycles. The molecule has 0 spiro atoms. The van der Waals surface area contributed by atoms with Gasteiger partial charge in [0, 0.05) is 16.7 Å². The smallest absolute Gasteiger partial charge is 0.221 e. The van der Waals surface area contributed by atoms with Crippen molar-refractivity contribution in [2.45, 2.75) is 13.0 Å². The Labute approximate surface area is 121 Å². The van der Waals surface area contributed by atoms with Gasteiger partial charge in [0.2, 0.25) is 5.91 Å². The van der Waals surface area contributed by atoms with Gasteiger partial charge < -0.3 is 11.1 Å². The molecule has 0 aliphatic heterocycles. The molecular formula is C15H15BrN2O. The van der Waals surface area contributed by atoms with E-state index in [-0.39, 0.29) is 12.3 Å². The molecule has 2 rings (SSSR count). The van der Waals surface area contributed by atoms with E-state index in [9.17, 15) is 4.79 Å². The van der Waals surface area contributed by atoms with E-state index < -0.39 is 0 Å². The summed E-state index contributed by atoms with van der Waals surface area (Å²) in [5.41, 5.74) is 8.27. The van der Waals surface area contributed by atoms with Crippen molar-refractivity contribution in [2.75, 3.05) is 5.32 Å². The van der Waals surface area contributed by atoms with Gasteiger partial charge in [0.15, 0.2) is 0 Å². The average Bonchev–Trinajstić information content (AvgIpc) is 2.39. The van der Waals surface area contributed by atoms with Crippen LogP contribution >= 0.6 is 15.9 Å². The number of para-hydroxylation sites is 1. The van der Waals surface area contributed by atoms with E-state index >= 15 is 0 Å². The van der Waals surface area contributed by atoms with Gasteiger partial charge in [-0.15, -0.1) is 0 Å². The SMILES string of the molecule is NC(=O)Cc1ccccc1NCc1ccccc1Br. The summed E-state index contributed by atoms with van der Waals surface area (Å²) in [7, 11) is 0. The molecule has 2 aromatic rings.